The van der Waals surface area contributed by atoms with Gasteiger partial charge in [-0.15, -0.1) is 0 Å². The van der Waals surface area contributed by atoms with E-state index in [2.05, 4.69) is 9.97 Å². The molecule has 1 fully saturated rings. The van der Waals surface area contributed by atoms with E-state index >= 15 is 0 Å². The molecule has 16 heavy (non-hydrogen) atoms. The molecule has 1 saturated heterocycles. The van der Waals surface area contributed by atoms with Crippen LogP contribution in [0.2, 0.25) is 0 Å². The number of halogens is 1. The van der Waals surface area contributed by atoms with Crippen LogP contribution in [0.4, 0.5) is 5.82 Å². The number of carbonyl (C=O) groups excluding carboxylic acids is 1. The van der Waals surface area contributed by atoms with E-state index in [1.54, 1.807) is 6.07 Å². The lowest BCUT2D eigenvalue weighted by molar-refractivity contribution is -0.117. The Labute approximate surface area is 96.7 Å². The SMILES string of the molecule is O=C1CC(S(=O)(=O)Cl)CN1c1ccncn1. The highest BCUT2D eigenvalue weighted by Gasteiger charge is 2.38. The third-order valence-electron chi connectivity index (χ3n) is 2.33. The fraction of sp³-hybridized carbons (Fsp3) is 0.375. The zero-order valence-electron chi connectivity index (χ0n) is 8.08. The van der Waals surface area contributed by atoms with Crippen molar-refractivity contribution in [1.29, 1.82) is 0 Å². The van der Waals surface area contributed by atoms with Crippen molar-refractivity contribution in [3.05, 3.63) is 18.6 Å². The third kappa shape index (κ3) is 2.14. The van der Waals surface area contributed by atoms with Gasteiger partial charge in [0.1, 0.15) is 17.4 Å². The van der Waals surface area contributed by atoms with Gasteiger partial charge in [-0.3, -0.25) is 9.69 Å². The van der Waals surface area contributed by atoms with Crippen LogP contribution < -0.4 is 4.90 Å². The minimum absolute atomic E-state index is 0.0433. The number of amides is 1. The van der Waals surface area contributed by atoms with Crippen LogP contribution in [-0.2, 0) is 13.8 Å². The average molecular weight is 262 g/mol. The van der Waals surface area contributed by atoms with Crippen LogP contribution in [0.5, 0.6) is 0 Å². The Morgan fingerprint density at radius 1 is 1.50 bits per heavy atom. The van der Waals surface area contributed by atoms with Crippen molar-refractivity contribution in [2.24, 2.45) is 0 Å². The van der Waals surface area contributed by atoms with Crippen molar-refractivity contribution in [2.45, 2.75) is 11.7 Å². The Kier molecular flexibility index (Phi) is 2.81. The molecule has 0 aliphatic carbocycles. The first-order chi connectivity index (χ1) is 7.48. The van der Waals surface area contributed by atoms with Gasteiger partial charge in [-0.1, -0.05) is 0 Å². The fourth-order valence-corrected chi connectivity index (χ4v) is 2.55. The predicted molar refractivity (Wildman–Crippen MR) is 57.6 cm³/mol. The van der Waals surface area contributed by atoms with E-state index < -0.39 is 14.3 Å². The third-order valence-corrected chi connectivity index (χ3v) is 4.20. The molecule has 2 heterocycles. The molecule has 1 unspecified atom stereocenters. The van der Waals surface area contributed by atoms with Crippen molar-refractivity contribution in [1.82, 2.24) is 9.97 Å². The van der Waals surface area contributed by atoms with Gasteiger partial charge < -0.3 is 0 Å². The second-order valence-electron chi connectivity index (χ2n) is 3.37. The molecule has 0 saturated carbocycles. The predicted octanol–water partition coefficient (Wildman–Crippen LogP) is 0.150. The Hall–Kier alpha value is -1.21. The largest absolute Gasteiger partial charge is 0.295 e. The van der Waals surface area contributed by atoms with Gasteiger partial charge >= 0.3 is 0 Å². The molecule has 1 atom stereocenters. The standard InChI is InChI=1S/C8H8ClN3O3S/c9-16(14,15)6-3-8(13)12(4-6)7-1-2-10-5-11-7/h1-2,5-6H,3-4H2. The minimum Gasteiger partial charge on any atom is -0.295 e. The van der Waals surface area contributed by atoms with Crippen molar-refractivity contribution in [2.75, 3.05) is 11.4 Å². The molecule has 0 N–H and O–H groups in total. The van der Waals surface area contributed by atoms with Gasteiger partial charge in [0.05, 0.1) is 0 Å². The molecule has 2 rings (SSSR count). The van der Waals surface area contributed by atoms with E-state index in [9.17, 15) is 13.2 Å². The molecule has 0 bridgehead atoms. The number of hydrogen-bond donors (Lipinski definition) is 0. The van der Waals surface area contributed by atoms with E-state index in [1.165, 1.54) is 17.4 Å². The maximum absolute atomic E-state index is 11.6. The topological polar surface area (TPSA) is 80.2 Å². The quantitative estimate of drug-likeness (QED) is 0.708. The summed E-state index contributed by atoms with van der Waals surface area (Å²) in [6, 6.07) is 1.54. The smallest absolute Gasteiger partial charge is 0.237 e. The first-order valence-corrected chi connectivity index (χ1v) is 6.85. The summed E-state index contributed by atoms with van der Waals surface area (Å²) in [4.78, 5) is 20.5. The zero-order valence-corrected chi connectivity index (χ0v) is 9.65. The Bertz CT molecular complexity index is 505. The lowest BCUT2D eigenvalue weighted by Gasteiger charge is -2.13. The highest BCUT2D eigenvalue weighted by molar-refractivity contribution is 8.14. The van der Waals surface area contributed by atoms with Crippen molar-refractivity contribution in [3.63, 3.8) is 0 Å². The minimum atomic E-state index is -3.71. The average Bonchev–Trinajstić information content (AvgIpc) is 2.61. The second kappa shape index (κ2) is 3.99. The first-order valence-electron chi connectivity index (χ1n) is 4.48. The Morgan fingerprint density at radius 2 is 2.25 bits per heavy atom. The fourth-order valence-electron chi connectivity index (χ4n) is 1.53. The molecular weight excluding hydrogens is 254 g/mol. The van der Waals surface area contributed by atoms with Gasteiger partial charge in [-0.25, -0.2) is 18.4 Å². The van der Waals surface area contributed by atoms with Gasteiger partial charge in [0.15, 0.2) is 0 Å². The summed E-state index contributed by atoms with van der Waals surface area (Å²) in [6.07, 6.45) is 2.68. The van der Waals surface area contributed by atoms with E-state index in [-0.39, 0.29) is 18.9 Å². The maximum Gasteiger partial charge on any atom is 0.237 e. The van der Waals surface area contributed by atoms with Crippen LogP contribution in [0.3, 0.4) is 0 Å². The summed E-state index contributed by atoms with van der Waals surface area (Å²) in [5.74, 6) is 0.0933. The number of hydrogen-bond acceptors (Lipinski definition) is 5. The summed E-state index contributed by atoms with van der Waals surface area (Å²) >= 11 is 0. The molecule has 86 valence electrons. The van der Waals surface area contributed by atoms with Crippen molar-refractivity contribution >= 4 is 31.5 Å². The van der Waals surface area contributed by atoms with Crippen LogP contribution in [0.1, 0.15) is 6.42 Å². The van der Waals surface area contributed by atoms with Crippen LogP contribution in [0, 0.1) is 0 Å². The summed E-state index contributed by atoms with van der Waals surface area (Å²) in [7, 11) is 1.51. The van der Waals surface area contributed by atoms with Crippen molar-refractivity contribution in [3.8, 4) is 0 Å². The monoisotopic (exact) mass is 261 g/mol. The molecule has 1 aromatic rings. The van der Waals surface area contributed by atoms with E-state index in [4.69, 9.17) is 10.7 Å². The molecule has 0 aromatic carbocycles. The molecule has 6 nitrogen and oxygen atoms in total. The summed E-state index contributed by atoms with van der Waals surface area (Å²) in [5.41, 5.74) is 0. The van der Waals surface area contributed by atoms with Crippen LogP contribution in [0.15, 0.2) is 18.6 Å². The summed E-state index contributed by atoms with van der Waals surface area (Å²) < 4.78 is 22.2. The van der Waals surface area contributed by atoms with Crippen molar-refractivity contribution < 1.29 is 13.2 Å². The first kappa shape index (κ1) is 11.3. The zero-order chi connectivity index (χ0) is 11.8. The summed E-state index contributed by atoms with van der Waals surface area (Å²) in [5, 5.41) is -0.864. The Morgan fingerprint density at radius 3 is 2.75 bits per heavy atom. The van der Waals surface area contributed by atoms with Gasteiger partial charge in [0, 0.05) is 29.8 Å². The number of anilines is 1. The number of carbonyl (C=O) groups is 1. The van der Waals surface area contributed by atoms with E-state index in [0.717, 1.165) is 0 Å². The Balaban J connectivity index is 2.25. The van der Waals surface area contributed by atoms with Gasteiger partial charge in [0.25, 0.3) is 0 Å². The second-order valence-corrected chi connectivity index (χ2v) is 6.28. The highest BCUT2D eigenvalue weighted by atomic mass is 35.7. The summed E-state index contributed by atoms with van der Waals surface area (Å²) in [6.45, 7) is 0.0433. The molecule has 8 heteroatoms. The number of rotatable bonds is 2. The van der Waals surface area contributed by atoms with Crippen LogP contribution >= 0.6 is 10.7 Å². The number of nitrogens with zero attached hydrogens (tertiary/aromatic N) is 3. The molecule has 0 spiro atoms. The van der Waals surface area contributed by atoms with Crippen LogP contribution in [0.25, 0.3) is 0 Å². The molecule has 1 aliphatic heterocycles. The molecule has 0 radical (unpaired) electrons. The normalized spacial score (nSPS) is 21.4. The van der Waals surface area contributed by atoms with E-state index in [1.807, 2.05) is 0 Å². The van der Waals surface area contributed by atoms with Crippen LogP contribution in [-0.4, -0.2) is 36.1 Å². The lowest BCUT2D eigenvalue weighted by atomic mass is 10.4. The number of aromatic nitrogens is 2. The molecule has 1 aromatic heterocycles. The highest BCUT2D eigenvalue weighted by Crippen LogP contribution is 2.24. The lowest BCUT2D eigenvalue weighted by Crippen LogP contribution is -2.27. The van der Waals surface area contributed by atoms with Gasteiger partial charge in [-0.05, 0) is 6.07 Å². The molecule has 1 amide bonds. The van der Waals surface area contributed by atoms with E-state index in [0.29, 0.717) is 5.82 Å². The molecular formula is C8H8ClN3O3S. The van der Waals surface area contributed by atoms with Gasteiger partial charge in [0.2, 0.25) is 15.0 Å². The maximum atomic E-state index is 11.6. The van der Waals surface area contributed by atoms with Gasteiger partial charge in [-0.2, -0.15) is 0 Å². The molecule has 1 aliphatic rings.